The van der Waals surface area contributed by atoms with E-state index in [2.05, 4.69) is 0 Å². The molecule has 2 amide bonds. The lowest BCUT2D eigenvalue weighted by Crippen LogP contribution is -2.38. The molecule has 1 saturated carbocycles. The molecule has 1 heterocycles. The van der Waals surface area contributed by atoms with E-state index in [0.29, 0.717) is 17.4 Å². The third kappa shape index (κ3) is 5.24. The van der Waals surface area contributed by atoms with Crippen LogP contribution in [0.25, 0.3) is 0 Å². The molecule has 2 aliphatic rings. The van der Waals surface area contributed by atoms with E-state index in [1.807, 2.05) is 29.0 Å². The zero-order chi connectivity index (χ0) is 19.1. The van der Waals surface area contributed by atoms with Crippen LogP contribution in [0.2, 0.25) is 0 Å². The van der Waals surface area contributed by atoms with E-state index in [1.54, 1.807) is 12.1 Å². The summed E-state index contributed by atoms with van der Waals surface area (Å²) in [5.74, 6) is 0.507. The molecule has 148 valence electrons. The highest BCUT2D eigenvalue weighted by Gasteiger charge is 2.25. The Kier molecular flexibility index (Phi) is 7.13. The third-order valence-electron chi connectivity index (χ3n) is 5.87. The van der Waals surface area contributed by atoms with Crippen molar-refractivity contribution in [2.75, 3.05) is 26.7 Å². The lowest BCUT2D eigenvalue weighted by atomic mass is 9.94. The summed E-state index contributed by atoms with van der Waals surface area (Å²) in [6, 6.07) is 7.60. The molecule has 0 unspecified atom stereocenters. The predicted octanol–water partition coefficient (Wildman–Crippen LogP) is 3.87. The number of para-hydroxylation sites is 1. The van der Waals surface area contributed by atoms with E-state index in [0.717, 1.165) is 38.8 Å². The first-order chi connectivity index (χ1) is 13.2. The van der Waals surface area contributed by atoms with Crippen LogP contribution in [0.1, 0.15) is 68.1 Å². The molecule has 0 aromatic heterocycles. The van der Waals surface area contributed by atoms with Crippen molar-refractivity contribution in [1.29, 1.82) is 0 Å². The molecule has 1 aliphatic carbocycles. The molecule has 0 spiro atoms. The van der Waals surface area contributed by atoms with Crippen LogP contribution in [0.4, 0.5) is 0 Å². The number of amides is 2. The first kappa shape index (κ1) is 19.7. The van der Waals surface area contributed by atoms with Crippen LogP contribution in [0.5, 0.6) is 5.75 Å². The molecule has 1 saturated heterocycles. The summed E-state index contributed by atoms with van der Waals surface area (Å²) < 4.78 is 5.81. The average molecular weight is 373 g/mol. The van der Waals surface area contributed by atoms with Crippen molar-refractivity contribution >= 4 is 11.8 Å². The zero-order valence-corrected chi connectivity index (χ0v) is 16.5. The Hall–Kier alpha value is -2.04. The summed E-state index contributed by atoms with van der Waals surface area (Å²) in [7, 11) is 1.89. The van der Waals surface area contributed by atoms with E-state index >= 15 is 0 Å². The smallest absolute Gasteiger partial charge is 0.260 e. The molecule has 1 aliphatic heterocycles. The van der Waals surface area contributed by atoms with Crippen LogP contribution in [0.3, 0.4) is 0 Å². The minimum Gasteiger partial charge on any atom is -0.483 e. The van der Waals surface area contributed by atoms with E-state index in [4.69, 9.17) is 4.74 Å². The van der Waals surface area contributed by atoms with Crippen LogP contribution < -0.4 is 4.74 Å². The molecule has 3 rings (SSSR count). The lowest BCUT2D eigenvalue weighted by molar-refractivity contribution is -0.133. The van der Waals surface area contributed by atoms with Crippen molar-refractivity contribution in [1.82, 2.24) is 9.80 Å². The number of carbonyl (C=O) groups is 2. The molecule has 0 bridgehead atoms. The topological polar surface area (TPSA) is 49.9 Å². The largest absolute Gasteiger partial charge is 0.483 e. The predicted molar refractivity (Wildman–Crippen MR) is 106 cm³/mol. The van der Waals surface area contributed by atoms with Crippen molar-refractivity contribution in [2.45, 2.75) is 63.8 Å². The lowest BCUT2D eigenvalue weighted by Gasteiger charge is -2.31. The van der Waals surface area contributed by atoms with Crippen LogP contribution in [0, 0.1) is 0 Å². The summed E-state index contributed by atoms with van der Waals surface area (Å²) in [6.45, 7) is 1.62. The molecule has 0 atom stereocenters. The highest BCUT2D eigenvalue weighted by Crippen LogP contribution is 2.26. The quantitative estimate of drug-likeness (QED) is 0.788. The average Bonchev–Trinajstić information content (AvgIpc) is 3.01. The van der Waals surface area contributed by atoms with E-state index < -0.39 is 0 Å². The van der Waals surface area contributed by atoms with Gasteiger partial charge in [0.2, 0.25) is 0 Å². The summed E-state index contributed by atoms with van der Waals surface area (Å²) in [6.07, 6.45) is 10.3. The first-order valence-corrected chi connectivity index (χ1v) is 10.4. The van der Waals surface area contributed by atoms with E-state index in [9.17, 15) is 9.59 Å². The fraction of sp³-hybridized carbons (Fsp3) is 0.636. The molecular formula is C22H32N2O3. The number of carbonyl (C=O) groups excluding carboxylic acids is 2. The highest BCUT2D eigenvalue weighted by atomic mass is 16.5. The summed E-state index contributed by atoms with van der Waals surface area (Å²) >= 11 is 0. The second-order valence-corrected chi connectivity index (χ2v) is 7.79. The number of rotatable bonds is 5. The van der Waals surface area contributed by atoms with E-state index in [1.165, 1.54) is 32.1 Å². The van der Waals surface area contributed by atoms with Gasteiger partial charge in [-0.2, -0.15) is 0 Å². The zero-order valence-electron chi connectivity index (χ0n) is 16.5. The Balaban J connectivity index is 1.62. The monoisotopic (exact) mass is 372 g/mol. The van der Waals surface area contributed by atoms with Crippen molar-refractivity contribution in [3.63, 3.8) is 0 Å². The van der Waals surface area contributed by atoms with Gasteiger partial charge in [-0.25, -0.2) is 0 Å². The summed E-state index contributed by atoms with van der Waals surface area (Å²) in [4.78, 5) is 29.3. The van der Waals surface area contributed by atoms with Crippen molar-refractivity contribution < 1.29 is 14.3 Å². The van der Waals surface area contributed by atoms with Gasteiger partial charge in [0.15, 0.2) is 6.61 Å². The first-order valence-electron chi connectivity index (χ1n) is 10.4. The Morgan fingerprint density at radius 2 is 1.63 bits per heavy atom. The van der Waals surface area contributed by atoms with Gasteiger partial charge in [-0.05, 0) is 37.8 Å². The molecule has 27 heavy (non-hydrogen) atoms. The third-order valence-corrected chi connectivity index (χ3v) is 5.87. The fourth-order valence-corrected chi connectivity index (χ4v) is 4.14. The molecule has 0 N–H and O–H groups in total. The maximum Gasteiger partial charge on any atom is 0.260 e. The van der Waals surface area contributed by atoms with Gasteiger partial charge in [0.05, 0.1) is 5.56 Å². The van der Waals surface area contributed by atoms with Gasteiger partial charge >= 0.3 is 0 Å². The van der Waals surface area contributed by atoms with Crippen LogP contribution >= 0.6 is 0 Å². The summed E-state index contributed by atoms with van der Waals surface area (Å²) in [5, 5.41) is 0. The normalized spacial score (nSPS) is 18.6. The number of nitrogens with zero attached hydrogens (tertiary/aromatic N) is 2. The van der Waals surface area contributed by atoms with Gasteiger partial charge in [0.25, 0.3) is 11.8 Å². The fourth-order valence-electron chi connectivity index (χ4n) is 4.14. The van der Waals surface area contributed by atoms with Gasteiger partial charge in [-0.3, -0.25) is 9.59 Å². The maximum absolute atomic E-state index is 13.0. The van der Waals surface area contributed by atoms with Gasteiger partial charge in [-0.1, -0.05) is 44.2 Å². The van der Waals surface area contributed by atoms with Gasteiger partial charge in [-0.15, -0.1) is 0 Å². The van der Waals surface area contributed by atoms with Gasteiger partial charge in [0, 0.05) is 26.2 Å². The number of ether oxygens (including phenoxy) is 1. The molecule has 1 aromatic rings. The van der Waals surface area contributed by atoms with Crippen LogP contribution in [-0.4, -0.2) is 54.4 Å². The number of hydrogen-bond acceptors (Lipinski definition) is 3. The number of hydrogen-bond donors (Lipinski definition) is 0. The Morgan fingerprint density at radius 3 is 2.33 bits per heavy atom. The van der Waals surface area contributed by atoms with E-state index in [-0.39, 0.29) is 18.4 Å². The van der Waals surface area contributed by atoms with Crippen LogP contribution in [0.15, 0.2) is 24.3 Å². The number of likely N-dealkylation sites (tertiary alicyclic amines) is 1. The minimum absolute atomic E-state index is 0.00254. The molecule has 1 aromatic carbocycles. The Labute approximate surface area is 162 Å². The number of benzene rings is 1. The van der Waals surface area contributed by atoms with Crippen molar-refractivity contribution in [3.05, 3.63) is 29.8 Å². The maximum atomic E-state index is 13.0. The van der Waals surface area contributed by atoms with Crippen molar-refractivity contribution in [3.8, 4) is 5.75 Å². The van der Waals surface area contributed by atoms with Gasteiger partial charge < -0.3 is 14.5 Å². The van der Waals surface area contributed by atoms with Crippen LogP contribution in [-0.2, 0) is 4.79 Å². The molecule has 5 heteroatoms. The SMILES string of the molecule is CN(C(=O)c1ccccc1OCC(=O)N1CCCCCC1)C1CCCCC1. The minimum atomic E-state index is -0.0141. The van der Waals surface area contributed by atoms with Crippen molar-refractivity contribution in [2.24, 2.45) is 0 Å². The summed E-state index contributed by atoms with van der Waals surface area (Å²) in [5.41, 5.74) is 0.550. The second kappa shape index (κ2) is 9.77. The standard InChI is InChI=1S/C22H32N2O3/c1-23(18-11-5-4-6-12-18)22(26)19-13-7-8-14-20(19)27-17-21(25)24-15-9-2-3-10-16-24/h7-8,13-14,18H,2-6,9-12,15-17H2,1H3. The Bertz CT molecular complexity index is 632. The molecule has 0 radical (unpaired) electrons. The Morgan fingerprint density at radius 1 is 1.00 bits per heavy atom. The molecular weight excluding hydrogens is 340 g/mol. The molecule has 2 fully saturated rings. The highest BCUT2D eigenvalue weighted by molar-refractivity contribution is 5.97. The second-order valence-electron chi connectivity index (χ2n) is 7.79. The van der Waals surface area contributed by atoms with Gasteiger partial charge in [0.1, 0.15) is 5.75 Å². The molecule has 5 nitrogen and oxygen atoms in total.